The zero-order valence-corrected chi connectivity index (χ0v) is 10.7. The molecule has 0 bridgehead atoms. The lowest BCUT2D eigenvalue weighted by Gasteiger charge is -2.26. The third-order valence-corrected chi connectivity index (χ3v) is 3.58. The van der Waals surface area contributed by atoms with Crippen LogP contribution >= 0.6 is 0 Å². The van der Waals surface area contributed by atoms with Crippen LogP contribution in [-0.4, -0.2) is 21.5 Å². The molecule has 0 unspecified atom stereocenters. The van der Waals surface area contributed by atoms with E-state index in [2.05, 4.69) is 5.32 Å². The van der Waals surface area contributed by atoms with Gasteiger partial charge in [0, 0.05) is 11.6 Å². The van der Waals surface area contributed by atoms with Crippen molar-refractivity contribution < 1.29 is 14.8 Å². The van der Waals surface area contributed by atoms with Crippen molar-refractivity contribution in [3.63, 3.8) is 0 Å². The van der Waals surface area contributed by atoms with E-state index >= 15 is 0 Å². The van der Waals surface area contributed by atoms with Gasteiger partial charge in [-0.1, -0.05) is 12.8 Å². The minimum atomic E-state index is -1.09. The number of rotatable bonds is 4. The number of aromatic carboxylic acids is 1. The van der Waals surface area contributed by atoms with Crippen molar-refractivity contribution in [3.8, 4) is 0 Å². The van der Waals surface area contributed by atoms with Crippen LogP contribution in [0.1, 0.15) is 43.0 Å². The molecule has 1 aliphatic carbocycles. The molecule has 0 amide bonds. The average Bonchev–Trinajstić information content (AvgIpc) is 2.75. The lowest BCUT2D eigenvalue weighted by atomic mass is 9.99. The Hall–Kier alpha value is -2.11. The van der Waals surface area contributed by atoms with Crippen molar-refractivity contribution in [1.82, 2.24) is 0 Å². The van der Waals surface area contributed by atoms with E-state index in [1.54, 1.807) is 0 Å². The van der Waals surface area contributed by atoms with E-state index in [1.807, 2.05) is 6.92 Å². The summed E-state index contributed by atoms with van der Waals surface area (Å²) in [6.45, 7) is 2.01. The maximum atomic E-state index is 11.0. The maximum Gasteiger partial charge on any atom is 0.335 e. The maximum absolute atomic E-state index is 11.0. The second-order valence-corrected chi connectivity index (χ2v) is 5.19. The first-order chi connectivity index (χ1) is 8.91. The first-order valence-corrected chi connectivity index (χ1v) is 6.21. The van der Waals surface area contributed by atoms with Crippen LogP contribution in [0.4, 0.5) is 11.4 Å². The van der Waals surface area contributed by atoms with Gasteiger partial charge in [0.2, 0.25) is 0 Å². The van der Waals surface area contributed by atoms with Crippen molar-refractivity contribution in [1.29, 1.82) is 0 Å². The van der Waals surface area contributed by atoms with Crippen LogP contribution in [-0.2, 0) is 0 Å². The molecule has 2 N–H and O–H groups in total. The molecule has 6 nitrogen and oxygen atoms in total. The molecule has 0 spiro atoms. The van der Waals surface area contributed by atoms with Gasteiger partial charge in [0.25, 0.3) is 5.69 Å². The molecule has 102 valence electrons. The zero-order valence-electron chi connectivity index (χ0n) is 10.7. The van der Waals surface area contributed by atoms with Crippen molar-refractivity contribution >= 4 is 17.3 Å². The summed E-state index contributed by atoms with van der Waals surface area (Å²) in [5.74, 6) is -1.09. The van der Waals surface area contributed by atoms with Crippen LogP contribution in [0.2, 0.25) is 0 Å². The highest BCUT2D eigenvalue weighted by Crippen LogP contribution is 2.36. The summed E-state index contributed by atoms with van der Waals surface area (Å²) in [7, 11) is 0. The molecule has 1 fully saturated rings. The Labute approximate surface area is 110 Å². The third-order valence-electron chi connectivity index (χ3n) is 3.58. The molecular formula is C13H16N2O4. The van der Waals surface area contributed by atoms with E-state index in [9.17, 15) is 14.9 Å². The number of anilines is 1. The van der Waals surface area contributed by atoms with Crippen LogP contribution in [0.15, 0.2) is 18.2 Å². The van der Waals surface area contributed by atoms with E-state index in [0.29, 0.717) is 0 Å². The second-order valence-electron chi connectivity index (χ2n) is 5.19. The normalized spacial score (nSPS) is 17.1. The molecule has 6 heteroatoms. The minimum Gasteiger partial charge on any atom is -0.478 e. The lowest BCUT2D eigenvalue weighted by molar-refractivity contribution is -0.384. The minimum absolute atomic E-state index is 0.0506. The van der Waals surface area contributed by atoms with Gasteiger partial charge in [0.1, 0.15) is 5.69 Å². The van der Waals surface area contributed by atoms with Crippen LogP contribution < -0.4 is 5.32 Å². The molecule has 0 aromatic heterocycles. The number of carboxylic acids is 1. The third kappa shape index (κ3) is 2.83. The number of nitro groups is 1. The largest absolute Gasteiger partial charge is 0.478 e. The molecule has 0 aliphatic heterocycles. The Morgan fingerprint density at radius 1 is 1.42 bits per heavy atom. The SMILES string of the molecule is CC1(Nc2cc(C(=O)O)ccc2[N+](=O)[O-])CCCC1. The van der Waals surface area contributed by atoms with Gasteiger partial charge in [0.15, 0.2) is 0 Å². The standard InChI is InChI=1S/C13H16N2O4/c1-13(6-2-3-7-13)14-10-8-9(12(16)17)4-5-11(10)15(18)19/h4-5,8,14H,2-3,6-7H2,1H3,(H,16,17). The summed E-state index contributed by atoms with van der Waals surface area (Å²) in [5.41, 5.74) is 0.0594. The quantitative estimate of drug-likeness (QED) is 0.644. The number of nitro benzene ring substituents is 1. The fraction of sp³-hybridized carbons (Fsp3) is 0.462. The van der Waals surface area contributed by atoms with Gasteiger partial charge in [0.05, 0.1) is 10.5 Å². The van der Waals surface area contributed by atoms with Gasteiger partial charge in [-0.25, -0.2) is 4.79 Å². The molecular weight excluding hydrogens is 248 g/mol. The number of carboxylic acid groups (broad SMARTS) is 1. The van der Waals surface area contributed by atoms with Crippen molar-refractivity contribution in [3.05, 3.63) is 33.9 Å². The molecule has 0 heterocycles. The summed E-state index contributed by atoms with van der Waals surface area (Å²) in [5, 5.41) is 23.1. The summed E-state index contributed by atoms with van der Waals surface area (Å²) >= 11 is 0. The van der Waals surface area contributed by atoms with E-state index in [4.69, 9.17) is 5.11 Å². The van der Waals surface area contributed by atoms with Gasteiger partial charge < -0.3 is 10.4 Å². The molecule has 1 aliphatic rings. The van der Waals surface area contributed by atoms with E-state index in [-0.39, 0.29) is 22.5 Å². The molecule has 1 saturated carbocycles. The zero-order chi connectivity index (χ0) is 14.0. The molecule has 1 aromatic rings. The monoisotopic (exact) mass is 264 g/mol. The van der Waals surface area contributed by atoms with Crippen LogP contribution in [0.5, 0.6) is 0 Å². The van der Waals surface area contributed by atoms with Gasteiger partial charge >= 0.3 is 5.97 Å². The number of nitrogens with zero attached hydrogens (tertiary/aromatic N) is 1. The number of benzene rings is 1. The Kier molecular flexibility index (Phi) is 3.42. The molecule has 1 aromatic carbocycles. The fourth-order valence-electron chi connectivity index (χ4n) is 2.53. The Bertz CT molecular complexity index is 521. The van der Waals surface area contributed by atoms with Crippen molar-refractivity contribution in [2.75, 3.05) is 5.32 Å². The van der Waals surface area contributed by atoms with Crippen LogP contribution in [0, 0.1) is 10.1 Å². The first-order valence-electron chi connectivity index (χ1n) is 6.21. The molecule has 19 heavy (non-hydrogen) atoms. The van der Waals surface area contributed by atoms with Crippen molar-refractivity contribution in [2.45, 2.75) is 38.1 Å². The molecule has 2 rings (SSSR count). The topological polar surface area (TPSA) is 92.5 Å². The van der Waals surface area contributed by atoms with E-state index in [0.717, 1.165) is 25.7 Å². The number of nitrogens with one attached hydrogen (secondary N) is 1. The highest BCUT2D eigenvalue weighted by atomic mass is 16.6. The predicted octanol–water partition coefficient (Wildman–Crippen LogP) is 3.04. The summed E-state index contributed by atoms with van der Waals surface area (Å²) < 4.78 is 0. The highest BCUT2D eigenvalue weighted by Gasteiger charge is 2.30. The van der Waals surface area contributed by atoms with Gasteiger partial charge in [-0.3, -0.25) is 10.1 Å². The van der Waals surface area contributed by atoms with Gasteiger partial charge in [-0.15, -0.1) is 0 Å². The summed E-state index contributed by atoms with van der Waals surface area (Å²) in [6, 6.07) is 3.83. The predicted molar refractivity (Wildman–Crippen MR) is 70.6 cm³/mol. The summed E-state index contributed by atoms with van der Waals surface area (Å²) in [4.78, 5) is 21.5. The number of hydrogen-bond acceptors (Lipinski definition) is 4. The lowest BCUT2D eigenvalue weighted by Crippen LogP contribution is -2.31. The van der Waals surface area contributed by atoms with E-state index in [1.165, 1.54) is 18.2 Å². The molecule has 0 radical (unpaired) electrons. The first kappa shape index (κ1) is 13.3. The smallest absolute Gasteiger partial charge is 0.335 e. The summed E-state index contributed by atoms with van der Waals surface area (Å²) in [6.07, 6.45) is 4.02. The van der Waals surface area contributed by atoms with Crippen LogP contribution in [0.25, 0.3) is 0 Å². The highest BCUT2D eigenvalue weighted by molar-refractivity contribution is 5.90. The number of hydrogen-bond donors (Lipinski definition) is 2. The Morgan fingerprint density at radius 2 is 2.05 bits per heavy atom. The van der Waals surface area contributed by atoms with E-state index < -0.39 is 10.9 Å². The Morgan fingerprint density at radius 3 is 2.58 bits per heavy atom. The number of carbonyl (C=O) groups is 1. The Balaban J connectivity index is 2.37. The average molecular weight is 264 g/mol. The van der Waals surface area contributed by atoms with Crippen LogP contribution in [0.3, 0.4) is 0 Å². The van der Waals surface area contributed by atoms with Gasteiger partial charge in [-0.2, -0.15) is 0 Å². The molecule has 0 saturated heterocycles. The fourth-order valence-corrected chi connectivity index (χ4v) is 2.53. The van der Waals surface area contributed by atoms with Gasteiger partial charge in [-0.05, 0) is 31.9 Å². The second kappa shape index (κ2) is 4.87. The molecule has 0 atom stereocenters. The van der Waals surface area contributed by atoms with Crippen molar-refractivity contribution in [2.24, 2.45) is 0 Å².